The summed E-state index contributed by atoms with van der Waals surface area (Å²) in [6.45, 7) is 6.11. The first kappa shape index (κ1) is 13.5. The van der Waals surface area contributed by atoms with Crippen LogP contribution in [-0.2, 0) is 6.54 Å². The van der Waals surface area contributed by atoms with Crippen molar-refractivity contribution in [3.05, 3.63) is 5.82 Å². The zero-order chi connectivity index (χ0) is 12.8. The van der Waals surface area contributed by atoms with Crippen LogP contribution in [0.25, 0.3) is 0 Å². The summed E-state index contributed by atoms with van der Waals surface area (Å²) < 4.78 is 1.96. The molecule has 0 aliphatic heterocycles. The number of aryl methyl sites for hydroxylation is 1. The second kappa shape index (κ2) is 6.83. The van der Waals surface area contributed by atoms with Gasteiger partial charge in [0.1, 0.15) is 0 Å². The Morgan fingerprint density at radius 3 is 2.89 bits per heavy atom. The summed E-state index contributed by atoms with van der Waals surface area (Å²) in [5.41, 5.74) is 0. The molecule has 1 aromatic heterocycles. The molecule has 0 saturated heterocycles. The first-order valence-electron chi connectivity index (χ1n) is 7.30. The number of hydrogen-bond donors (Lipinski definition) is 1. The normalized spacial score (nSPS) is 18.3. The Balaban J connectivity index is 1.79. The number of hydrogen-bond acceptors (Lipinski definition) is 4. The van der Waals surface area contributed by atoms with Gasteiger partial charge < -0.3 is 5.32 Å². The van der Waals surface area contributed by atoms with Crippen LogP contribution in [0, 0.1) is 5.92 Å². The van der Waals surface area contributed by atoms with Crippen LogP contribution in [0.1, 0.15) is 64.2 Å². The molecule has 0 amide bonds. The van der Waals surface area contributed by atoms with E-state index in [0.29, 0.717) is 0 Å². The molecule has 0 radical (unpaired) electrons. The topological polar surface area (TPSA) is 55.6 Å². The fourth-order valence-electron chi connectivity index (χ4n) is 2.91. The van der Waals surface area contributed by atoms with Crippen LogP contribution in [0.2, 0.25) is 0 Å². The molecule has 1 aliphatic carbocycles. The van der Waals surface area contributed by atoms with Gasteiger partial charge in [0, 0.05) is 6.54 Å². The number of rotatable bonds is 7. The lowest BCUT2D eigenvalue weighted by Crippen LogP contribution is -2.22. The molecule has 1 fully saturated rings. The molecule has 1 atom stereocenters. The second-order valence-electron chi connectivity index (χ2n) is 5.33. The minimum absolute atomic E-state index is 0.233. The van der Waals surface area contributed by atoms with Crippen molar-refractivity contribution in [3.63, 3.8) is 0 Å². The first-order chi connectivity index (χ1) is 8.81. The predicted molar refractivity (Wildman–Crippen MR) is 71.1 cm³/mol. The van der Waals surface area contributed by atoms with Gasteiger partial charge in [0.05, 0.1) is 6.04 Å². The molecule has 0 bridgehead atoms. The Hall–Kier alpha value is -0.970. The van der Waals surface area contributed by atoms with E-state index in [-0.39, 0.29) is 6.04 Å². The van der Waals surface area contributed by atoms with Crippen LogP contribution in [0.4, 0.5) is 0 Å². The summed E-state index contributed by atoms with van der Waals surface area (Å²) in [6.07, 6.45) is 8.24. The molecule has 18 heavy (non-hydrogen) atoms. The standard InChI is InChI=1S/C13H25N5/c1-3-14-11(2)13-15-16-17-18(13)10-6-9-12-7-4-5-8-12/h11-12,14H,3-10H2,1-2H3. The lowest BCUT2D eigenvalue weighted by atomic mass is 10.0. The number of nitrogens with one attached hydrogen (secondary N) is 1. The van der Waals surface area contributed by atoms with E-state index in [1.54, 1.807) is 0 Å². The average molecular weight is 251 g/mol. The second-order valence-corrected chi connectivity index (χ2v) is 5.33. The summed E-state index contributed by atoms with van der Waals surface area (Å²) in [5, 5.41) is 15.4. The molecule has 1 aliphatic rings. The van der Waals surface area contributed by atoms with E-state index in [1.165, 1.54) is 38.5 Å². The number of nitrogens with zero attached hydrogens (tertiary/aromatic N) is 4. The van der Waals surface area contributed by atoms with Crippen LogP contribution in [0.15, 0.2) is 0 Å². The molecular weight excluding hydrogens is 226 g/mol. The van der Waals surface area contributed by atoms with Crippen molar-refractivity contribution in [1.82, 2.24) is 25.5 Å². The summed E-state index contributed by atoms with van der Waals surface area (Å²) in [5.74, 6) is 1.92. The van der Waals surface area contributed by atoms with Gasteiger partial charge in [0.25, 0.3) is 0 Å². The minimum atomic E-state index is 0.233. The fraction of sp³-hybridized carbons (Fsp3) is 0.923. The third kappa shape index (κ3) is 3.51. The number of tetrazole rings is 1. The van der Waals surface area contributed by atoms with Crippen molar-refractivity contribution in [3.8, 4) is 0 Å². The fourth-order valence-corrected chi connectivity index (χ4v) is 2.91. The highest BCUT2D eigenvalue weighted by Crippen LogP contribution is 2.28. The molecule has 102 valence electrons. The van der Waals surface area contributed by atoms with Crippen molar-refractivity contribution in [2.24, 2.45) is 5.92 Å². The number of aromatic nitrogens is 4. The molecule has 0 spiro atoms. The molecule has 5 nitrogen and oxygen atoms in total. The highest BCUT2D eigenvalue weighted by atomic mass is 15.5. The summed E-state index contributed by atoms with van der Waals surface area (Å²) in [7, 11) is 0. The van der Waals surface area contributed by atoms with E-state index in [0.717, 1.165) is 24.8 Å². The Morgan fingerprint density at radius 2 is 2.17 bits per heavy atom. The maximum atomic E-state index is 4.12. The van der Waals surface area contributed by atoms with Crippen molar-refractivity contribution in [2.75, 3.05) is 6.54 Å². The molecule has 1 N–H and O–H groups in total. The van der Waals surface area contributed by atoms with Crippen molar-refractivity contribution < 1.29 is 0 Å². The van der Waals surface area contributed by atoms with Gasteiger partial charge in [-0.15, -0.1) is 5.10 Å². The highest BCUT2D eigenvalue weighted by molar-refractivity contribution is 4.89. The first-order valence-corrected chi connectivity index (χ1v) is 7.30. The molecule has 1 aromatic rings. The van der Waals surface area contributed by atoms with Crippen molar-refractivity contribution in [2.45, 2.75) is 65.0 Å². The van der Waals surface area contributed by atoms with E-state index in [4.69, 9.17) is 0 Å². The zero-order valence-electron chi connectivity index (χ0n) is 11.6. The van der Waals surface area contributed by atoms with E-state index in [1.807, 2.05) is 4.68 Å². The van der Waals surface area contributed by atoms with Crippen LogP contribution >= 0.6 is 0 Å². The minimum Gasteiger partial charge on any atom is -0.308 e. The predicted octanol–water partition coefficient (Wildman–Crippen LogP) is 2.31. The quantitative estimate of drug-likeness (QED) is 0.808. The van der Waals surface area contributed by atoms with Gasteiger partial charge in [-0.05, 0) is 42.7 Å². The Kier molecular flexibility index (Phi) is 5.11. The lowest BCUT2D eigenvalue weighted by Gasteiger charge is -2.13. The van der Waals surface area contributed by atoms with Gasteiger partial charge in [-0.25, -0.2) is 4.68 Å². The van der Waals surface area contributed by atoms with E-state index in [9.17, 15) is 0 Å². The molecule has 1 unspecified atom stereocenters. The van der Waals surface area contributed by atoms with Crippen LogP contribution in [0.5, 0.6) is 0 Å². The largest absolute Gasteiger partial charge is 0.308 e. The van der Waals surface area contributed by atoms with Crippen LogP contribution in [-0.4, -0.2) is 26.8 Å². The van der Waals surface area contributed by atoms with Gasteiger partial charge in [-0.3, -0.25) is 0 Å². The lowest BCUT2D eigenvalue weighted by molar-refractivity contribution is 0.425. The van der Waals surface area contributed by atoms with Crippen LogP contribution < -0.4 is 5.32 Å². The third-order valence-corrected chi connectivity index (χ3v) is 3.91. The molecule has 1 heterocycles. The third-order valence-electron chi connectivity index (χ3n) is 3.91. The zero-order valence-corrected chi connectivity index (χ0v) is 11.6. The van der Waals surface area contributed by atoms with E-state index < -0.39 is 0 Å². The van der Waals surface area contributed by atoms with Gasteiger partial charge >= 0.3 is 0 Å². The average Bonchev–Trinajstić information content (AvgIpc) is 3.00. The molecule has 0 aromatic carbocycles. The molecule has 1 saturated carbocycles. The molecule has 2 rings (SSSR count). The summed E-state index contributed by atoms with van der Waals surface area (Å²) in [4.78, 5) is 0. The summed E-state index contributed by atoms with van der Waals surface area (Å²) in [6, 6.07) is 0.233. The van der Waals surface area contributed by atoms with Gasteiger partial charge in [0.2, 0.25) is 0 Å². The monoisotopic (exact) mass is 251 g/mol. The van der Waals surface area contributed by atoms with Crippen molar-refractivity contribution >= 4 is 0 Å². The Morgan fingerprint density at radius 1 is 1.39 bits per heavy atom. The Labute approximate surface area is 109 Å². The van der Waals surface area contributed by atoms with Crippen molar-refractivity contribution in [1.29, 1.82) is 0 Å². The SMILES string of the molecule is CCNC(C)c1nnnn1CCCC1CCCC1. The van der Waals surface area contributed by atoms with E-state index >= 15 is 0 Å². The summed E-state index contributed by atoms with van der Waals surface area (Å²) >= 11 is 0. The van der Waals surface area contributed by atoms with Gasteiger partial charge in [-0.2, -0.15) is 0 Å². The highest BCUT2D eigenvalue weighted by Gasteiger charge is 2.16. The van der Waals surface area contributed by atoms with E-state index in [2.05, 4.69) is 34.7 Å². The maximum Gasteiger partial charge on any atom is 0.167 e. The molecule has 5 heteroatoms. The van der Waals surface area contributed by atoms with Gasteiger partial charge in [0.15, 0.2) is 5.82 Å². The van der Waals surface area contributed by atoms with Gasteiger partial charge in [-0.1, -0.05) is 32.6 Å². The smallest absolute Gasteiger partial charge is 0.167 e. The maximum absolute atomic E-state index is 4.12. The Bertz CT molecular complexity index is 343. The van der Waals surface area contributed by atoms with Crippen LogP contribution in [0.3, 0.4) is 0 Å². The molecular formula is C13H25N5.